The van der Waals surface area contributed by atoms with Crippen molar-refractivity contribution in [2.24, 2.45) is 5.92 Å². The fourth-order valence-corrected chi connectivity index (χ4v) is 2.59. The predicted molar refractivity (Wildman–Crippen MR) is 58.4 cm³/mol. The number of ether oxygens (including phenoxy) is 1. The molecule has 0 aromatic rings. The van der Waals surface area contributed by atoms with Crippen molar-refractivity contribution in [3.63, 3.8) is 0 Å². The smallest absolute Gasteiger partial charge is 0.0575 e. The summed E-state index contributed by atoms with van der Waals surface area (Å²) in [7, 11) is 0. The van der Waals surface area contributed by atoms with Crippen molar-refractivity contribution >= 4 is 0 Å². The fourth-order valence-electron chi connectivity index (χ4n) is 2.59. The van der Waals surface area contributed by atoms with Crippen LogP contribution in [0.2, 0.25) is 0 Å². The highest BCUT2D eigenvalue weighted by atomic mass is 16.5. The van der Waals surface area contributed by atoms with Gasteiger partial charge in [-0.05, 0) is 44.7 Å². The second-order valence-electron chi connectivity index (χ2n) is 4.78. The third-order valence-corrected chi connectivity index (χ3v) is 3.59. The average molecular weight is 197 g/mol. The zero-order valence-electron chi connectivity index (χ0n) is 9.13. The summed E-state index contributed by atoms with van der Waals surface area (Å²) in [5.74, 6) is 0.888. The monoisotopic (exact) mass is 197 g/mol. The molecule has 1 heterocycles. The molecule has 2 rings (SSSR count). The van der Waals surface area contributed by atoms with E-state index in [9.17, 15) is 0 Å². The van der Waals surface area contributed by atoms with Gasteiger partial charge in [0.05, 0.1) is 6.10 Å². The van der Waals surface area contributed by atoms with Crippen LogP contribution in [0.4, 0.5) is 0 Å². The highest BCUT2D eigenvalue weighted by Gasteiger charge is 2.16. The lowest BCUT2D eigenvalue weighted by atomic mass is 9.97. The van der Waals surface area contributed by atoms with Crippen LogP contribution in [0.25, 0.3) is 0 Å². The second-order valence-corrected chi connectivity index (χ2v) is 4.78. The quantitative estimate of drug-likeness (QED) is 0.747. The number of nitrogens with one attached hydrogen (secondary N) is 1. The average Bonchev–Trinajstić information content (AvgIpc) is 2.72. The Morgan fingerprint density at radius 1 is 1.07 bits per heavy atom. The van der Waals surface area contributed by atoms with Gasteiger partial charge >= 0.3 is 0 Å². The van der Waals surface area contributed by atoms with Crippen LogP contribution in [0.15, 0.2) is 0 Å². The fraction of sp³-hybridized carbons (Fsp3) is 1.00. The minimum Gasteiger partial charge on any atom is -0.378 e. The number of hydrogen-bond acceptors (Lipinski definition) is 2. The van der Waals surface area contributed by atoms with Crippen molar-refractivity contribution in [1.29, 1.82) is 0 Å². The van der Waals surface area contributed by atoms with Crippen LogP contribution < -0.4 is 5.32 Å². The lowest BCUT2D eigenvalue weighted by Gasteiger charge is -2.22. The normalized spacial score (nSPS) is 29.6. The molecular weight excluding hydrogens is 174 g/mol. The first-order valence-corrected chi connectivity index (χ1v) is 6.27. The van der Waals surface area contributed by atoms with Crippen molar-refractivity contribution in [1.82, 2.24) is 5.32 Å². The molecule has 1 unspecified atom stereocenters. The molecule has 1 saturated heterocycles. The molecule has 1 aliphatic heterocycles. The molecular formula is C12H23NO. The molecule has 2 nitrogen and oxygen atoms in total. The minimum absolute atomic E-state index is 0.595. The van der Waals surface area contributed by atoms with Crippen LogP contribution >= 0.6 is 0 Å². The molecule has 0 aromatic carbocycles. The lowest BCUT2D eigenvalue weighted by Crippen LogP contribution is -2.19. The first-order valence-electron chi connectivity index (χ1n) is 6.27. The van der Waals surface area contributed by atoms with Gasteiger partial charge < -0.3 is 10.1 Å². The highest BCUT2D eigenvalue weighted by molar-refractivity contribution is 4.71. The van der Waals surface area contributed by atoms with E-state index in [0.29, 0.717) is 6.10 Å². The van der Waals surface area contributed by atoms with E-state index in [1.165, 1.54) is 58.0 Å². The van der Waals surface area contributed by atoms with Crippen LogP contribution in [0.1, 0.15) is 44.9 Å². The van der Waals surface area contributed by atoms with Gasteiger partial charge in [0.15, 0.2) is 0 Å². The Balaban J connectivity index is 1.52. The second kappa shape index (κ2) is 5.72. The molecule has 14 heavy (non-hydrogen) atoms. The Morgan fingerprint density at radius 3 is 2.64 bits per heavy atom. The van der Waals surface area contributed by atoms with E-state index in [2.05, 4.69) is 5.32 Å². The zero-order chi connectivity index (χ0) is 9.64. The van der Waals surface area contributed by atoms with Gasteiger partial charge in [-0.3, -0.25) is 0 Å². The third kappa shape index (κ3) is 3.25. The Labute approximate surface area is 87.4 Å². The van der Waals surface area contributed by atoms with Gasteiger partial charge in [-0.25, -0.2) is 0 Å². The van der Waals surface area contributed by atoms with E-state index in [4.69, 9.17) is 4.74 Å². The van der Waals surface area contributed by atoms with Crippen LogP contribution in [-0.4, -0.2) is 25.8 Å². The molecule has 0 amide bonds. The molecule has 2 heteroatoms. The van der Waals surface area contributed by atoms with Crippen LogP contribution in [0, 0.1) is 5.92 Å². The summed E-state index contributed by atoms with van der Waals surface area (Å²) in [5, 5.41) is 3.41. The maximum Gasteiger partial charge on any atom is 0.0575 e. The SMILES string of the molecule is C1CCC(OCCC2CCNC2)CC1. The first-order chi connectivity index (χ1) is 6.95. The Morgan fingerprint density at radius 2 is 1.93 bits per heavy atom. The van der Waals surface area contributed by atoms with Gasteiger partial charge in [0.2, 0.25) is 0 Å². The molecule has 2 aliphatic rings. The summed E-state index contributed by atoms with van der Waals surface area (Å²) >= 11 is 0. The highest BCUT2D eigenvalue weighted by Crippen LogP contribution is 2.21. The van der Waals surface area contributed by atoms with Gasteiger partial charge in [-0.2, -0.15) is 0 Å². The zero-order valence-corrected chi connectivity index (χ0v) is 9.13. The Kier molecular flexibility index (Phi) is 4.26. The molecule has 0 bridgehead atoms. The van der Waals surface area contributed by atoms with Crippen molar-refractivity contribution in [2.75, 3.05) is 19.7 Å². The van der Waals surface area contributed by atoms with Crippen molar-refractivity contribution in [2.45, 2.75) is 51.0 Å². The maximum atomic E-state index is 5.92. The first kappa shape index (κ1) is 10.4. The summed E-state index contributed by atoms with van der Waals surface area (Å²) in [6.07, 6.45) is 10.0. The van der Waals surface area contributed by atoms with E-state index in [0.717, 1.165) is 12.5 Å². The standard InChI is InChI=1S/C12H23NO/c1-2-4-12(5-3-1)14-9-7-11-6-8-13-10-11/h11-13H,1-10H2. The van der Waals surface area contributed by atoms with E-state index >= 15 is 0 Å². The molecule has 0 aromatic heterocycles. The van der Waals surface area contributed by atoms with Gasteiger partial charge in [0, 0.05) is 6.61 Å². The van der Waals surface area contributed by atoms with E-state index in [1.54, 1.807) is 0 Å². The Hall–Kier alpha value is -0.0800. The van der Waals surface area contributed by atoms with Gasteiger partial charge in [-0.15, -0.1) is 0 Å². The van der Waals surface area contributed by atoms with Gasteiger partial charge in [0.25, 0.3) is 0 Å². The van der Waals surface area contributed by atoms with Gasteiger partial charge in [-0.1, -0.05) is 19.3 Å². The molecule has 2 fully saturated rings. The number of rotatable bonds is 4. The maximum absolute atomic E-state index is 5.92. The van der Waals surface area contributed by atoms with E-state index in [-0.39, 0.29) is 0 Å². The summed E-state index contributed by atoms with van der Waals surface area (Å²) in [4.78, 5) is 0. The largest absolute Gasteiger partial charge is 0.378 e. The van der Waals surface area contributed by atoms with Crippen LogP contribution in [-0.2, 0) is 4.74 Å². The summed E-state index contributed by atoms with van der Waals surface area (Å²) in [5.41, 5.74) is 0. The third-order valence-electron chi connectivity index (χ3n) is 3.59. The summed E-state index contributed by atoms with van der Waals surface area (Å²) in [6, 6.07) is 0. The topological polar surface area (TPSA) is 21.3 Å². The minimum atomic E-state index is 0.595. The number of hydrogen-bond donors (Lipinski definition) is 1. The lowest BCUT2D eigenvalue weighted by molar-refractivity contribution is 0.0222. The molecule has 0 spiro atoms. The Bertz CT molecular complexity index is 148. The predicted octanol–water partition coefficient (Wildman–Crippen LogP) is 2.34. The molecule has 1 saturated carbocycles. The molecule has 1 aliphatic carbocycles. The van der Waals surface area contributed by atoms with Crippen molar-refractivity contribution < 1.29 is 4.74 Å². The van der Waals surface area contributed by atoms with Crippen molar-refractivity contribution in [3.8, 4) is 0 Å². The molecule has 0 radical (unpaired) electrons. The van der Waals surface area contributed by atoms with Gasteiger partial charge in [0.1, 0.15) is 0 Å². The summed E-state index contributed by atoms with van der Waals surface area (Å²) < 4.78 is 5.92. The molecule has 1 atom stereocenters. The van der Waals surface area contributed by atoms with E-state index < -0.39 is 0 Å². The van der Waals surface area contributed by atoms with Crippen molar-refractivity contribution in [3.05, 3.63) is 0 Å². The van der Waals surface area contributed by atoms with Crippen LogP contribution in [0.5, 0.6) is 0 Å². The van der Waals surface area contributed by atoms with E-state index in [1.807, 2.05) is 0 Å². The summed E-state index contributed by atoms with van der Waals surface area (Å²) in [6.45, 7) is 3.43. The van der Waals surface area contributed by atoms with Crippen LogP contribution in [0.3, 0.4) is 0 Å². The molecule has 82 valence electrons. The molecule has 1 N–H and O–H groups in total.